The summed E-state index contributed by atoms with van der Waals surface area (Å²) < 4.78 is 0. The summed E-state index contributed by atoms with van der Waals surface area (Å²) in [6.07, 6.45) is 7.56. The van der Waals surface area contributed by atoms with Gasteiger partial charge in [-0.1, -0.05) is 44.0 Å². The lowest BCUT2D eigenvalue weighted by atomic mass is 10.0. The molecule has 2 aromatic carbocycles. The first kappa shape index (κ1) is 18.4. The molecule has 1 amide bonds. The summed E-state index contributed by atoms with van der Waals surface area (Å²) in [6.45, 7) is 6.59. The molecule has 0 heterocycles. The fourth-order valence-electron chi connectivity index (χ4n) is 2.66. The molecule has 0 aliphatic heterocycles. The van der Waals surface area contributed by atoms with Gasteiger partial charge in [0.25, 0.3) is 0 Å². The average Bonchev–Trinajstić information content (AvgIpc) is 2.56. The number of amides is 1. The number of aryl methyl sites for hydroxylation is 1. The van der Waals surface area contributed by atoms with Gasteiger partial charge in [-0.2, -0.15) is 0 Å². The molecule has 2 aromatic rings. The number of hydrogen-bond donors (Lipinski definition) is 1. The Balaban J connectivity index is 2.18. The van der Waals surface area contributed by atoms with Gasteiger partial charge in [-0.3, -0.25) is 4.79 Å². The zero-order valence-electron chi connectivity index (χ0n) is 14.6. The van der Waals surface area contributed by atoms with Gasteiger partial charge < -0.3 is 5.32 Å². The topological polar surface area (TPSA) is 29.1 Å². The Morgan fingerprint density at radius 1 is 1.29 bits per heavy atom. The third kappa shape index (κ3) is 5.04. The van der Waals surface area contributed by atoms with Crippen molar-refractivity contribution in [1.29, 1.82) is 0 Å². The van der Waals surface area contributed by atoms with E-state index in [1.807, 2.05) is 0 Å². The molecule has 2 rings (SSSR count). The number of nitrogens with one attached hydrogen (secondary N) is 1. The Kier molecular flexibility index (Phi) is 6.75. The molecule has 1 N–H and O–H groups in total. The lowest BCUT2D eigenvalue weighted by Gasteiger charge is -2.15. The minimum absolute atomic E-state index is 0.0283. The number of fused-ring (bicyclic) bond motifs is 1. The van der Waals surface area contributed by atoms with Gasteiger partial charge in [0.2, 0.25) is 5.91 Å². The monoisotopic (exact) mass is 339 g/mol. The molecular weight excluding hydrogens is 314 g/mol. The van der Waals surface area contributed by atoms with Crippen molar-refractivity contribution < 1.29 is 4.79 Å². The van der Waals surface area contributed by atoms with E-state index in [9.17, 15) is 4.79 Å². The number of terminal acetylenes is 1. The van der Waals surface area contributed by atoms with Crippen molar-refractivity contribution in [3.63, 3.8) is 0 Å². The van der Waals surface area contributed by atoms with E-state index < -0.39 is 0 Å². The molecular formula is C21H25NOS. The van der Waals surface area contributed by atoms with Gasteiger partial charge in [0.05, 0.1) is 5.25 Å². The van der Waals surface area contributed by atoms with Crippen molar-refractivity contribution in [2.75, 3.05) is 6.54 Å². The molecule has 0 aliphatic carbocycles. The Morgan fingerprint density at radius 2 is 2.08 bits per heavy atom. The van der Waals surface area contributed by atoms with E-state index in [1.54, 1.807) is 18.7 Å². The minimum Gasteiger partial charge on any atom is -0.356 e. The molecule has 0 saturated heterocycles. The maximum atomic E-state index is 11.0. The summed E-state index contributed by atoms with van der Waals surface area (Å²) in [5.74, 6) is 3.36. The van der Waals surface area contributed by atoms with Crippen LogP contribution in [0.3, 0.4) is 0 Å². The lowest BCUT2D eigenvalue weighted by Crippen LogP contribution is -2.21. The fraction of sp³-hybridized carbons (Fsp3) is 0.381. The van der Waals surface area contributed by atoms with Gasteiger partial charge in [-0.15, -0.1) is 18.2 Å². The van der Waals surface area contributed by atoms with Crippen molar-refractivity contribution in [3.05, 3.63) is 42.0 Å². The van der Waals surface area contributed by atoms with Crippen LogP contribution in [0.4, 0.5) is 0 Å². The number of hydrogen-bond acceptors (Lipinski definition) is 2. The quantitative estimate of drug-likeness (QED) is 0.452. The second-order valence-electron chi connectivity index (χ2n) is 6.34. The highest BCUT2D eigenvalue weighted by molar-refractivity contribution is 8.00. The van der Waals surface area contributed by atoms with E-state index in [4.69, 9.17) is 6.42 Å². The van der Waals surface area contributed by atoms with Crippen LogP contribution >= 0.6 is 11.8 Å². The predicted molar refractivity (Wildman–Crippen MR) is 104 cm³/mol. The van der Waals surface area contributed by atoms with Crippen LogP contribution in [0.15, 0.2) is 41.3 Å². The van der Waals surface area contributed by atoms with Crippen LogP contribution in [0.5, 0.6) is 0 Å². The van der Waals surface area contributed by atoms with Crippen molar-refractivity contribution in [2.45, 2.75) is 43.8 Å². The molecule has 0 aromatic heterocycles. The maximum absolute atomic E-state index is 11.0. The first-order valence-electron chi connectivity index (χ1n) is 8.40. The van der Waals surface area contributed by atoms with Crippen molar-refractivity contribution in [2.24, 2.45) is 5.92 Å². The van der Waals surface area contributed by atoms with Gasteiger partial charge in [-0.25, -0.2) is 0 Å². The second-order valence-corrected chi connectivity index (χ2v) is 7.55. The summed E-state index contributed by atoms with van der Waals surface area (Å²) in [7, 11) is 0. The Bertz CT molecular complexity index is 745. The highest BCUT2D eigenvalue weighted by Crippen LogP contribution is 2.31. The third-order valence-electron chi connectivity index (χ3n) is 3.97. The van der Waals surface area contributed by atoms with Crippen LogP contribution in [-0.2, 0) is 11.2 Å². The summed E-state index contributed by atoms with van der Waals surface area (Å²) in [5, 5.41) is 5.58. The largest absolute Gasteiger partial charge is 0.356 e. The maximum Gasteiger partial charge on any atom is 0.216 e. The van der Waals surface area contributed by atoms with E-state index in [0.29, 0.717) is 12.5 Å². The standard InChI is InChI=1S/C21H25NOS/c1-5-21(15(2)3)24-19-12-11-18-9-6-8-17(20(18)14-19)10-7-13-22-16(4)23/h1,6,8-9,11-12,14-15,21H,7,10,13H2,2-4H3,(H,22,23). The van der Waals surface area contributed by atoms with E-state index in [0.717, 1.165) is 12.8 Å². The number of rotatable bonds is 7. The summed E-state index contributed by atoms with van der Waals surface area (Å²) in [4.78, 5) is 12.2. The number of carbonyl (C=O) groups excluding carboxylic acids is 1. The van der Waals surface area contributed by atoms with Gasteiger partial charge in [-0.05, 0) is 47.2 Å². The van der Waals surface area contributed by atoms with Gasteiger partial charge in [0.15, 0.2) is 0 Å². The third-order valence-corrected chi connectivity index (χ3v) is 5.43. The van der Waals surface area contributed by atoms with Crippen molar-refractivity contribution >= 4 is 28.4 Å². The number of thioether (sulfide) groups is 1. The Hall–Kier alpha value is -1.92. The van der Waals surface area contributed by atoms with Crippen LogP contribution in [0.1, 0.15) is 32.8 Å². The average molecular weight is 340 g/mol. The van der Waals surface area contributed by atoms with Crippen molar-refractivity contribution in [1.82, 2.24) is 5.32 Å². The first-order valence-corrected chi connectivity index (χ1v) is 9.28. The molecule has 0 fully saturated rings. The van der Waals surface area contributed by atoms with Crippen LogP contribution < -0.4 is 5.32 Å². The lowest BCUT2D eigenvalue weighted by molar-refractivity contribution is -0.118. The number of benzene rings is 2. The van der Waals surface area contributed by atoms with E-state index in [-0.39, 0.29) is 11.2 Å². The van der Waals surface area contributed by atoms with Gasteiger partial charge in [0, 0.05) is 18.4 Å². The molecule has 1 atom stereocenters. The summed E-state index contributed by atoms with van der Waals surface area (Å²) in [6, 6.07) is 13.0. The van der Waals surface area contributed by atoms with Crippen LogP contribution in [0.2, 0.25) is 0 Å². The van der Waals surface area contributed by atoms with E-state index in [2.05, 4.69) is 61.5 Å². The molecule has 0 radical (unpaired) electrons. The molecule has 126 valence electrons. The molecule has 0 bridgehead atoms. The Morgan fingerprint density at radius 3 is 2.75 bits per heavy atom. The highest BCUT2D eigenvalue weighted by Gasteiger charge is 2.12. The SMILES string of the molecule is C#CC(Sc1ccc2cccc(CCCNC(C)=O)c2c1)C(C)C. The Labute approximate surface area is 149 Å². The highest BCUT2D eigenvalue weighted by atomic mass is 32.2. The van der Waals surface area contributed by atoms with Gasteiger partial charge >= 0.3 is 0 Å². The summed E-state index contributed by atoms with van der Waals surface area (Å²) >= 11 is 1.76. The zero-order chi connectivity index (χ0) is 17.5. The normalized spacial score (nSPS) is 12.1. The molecule has 2 nitrogen and oxygen atoms in total. The van der Waals surface area contributed by atoms with Crippen LogP contribution in [0, 0.1) is 18.3 Å². The molecule has 24 heavy (non-hydrogen) atoms. The second kappa shape index (κ2) is 8.80. The zero-order valence-corrected chi connectivity index (χ0v) is 15.5. The van der Waals surface area contributed by atoms with E-state index in [1.165, 1.54) is 21.2 Å². The molecule has 0 spiro atoms. The molecule has 1 unspecified atom stereocenters. The van der Waals surface area contributed by atoms with Crippen LogP contribution in [0.25, 0.3) is 10.8 Å². The molecule has 0 aliphatic rings. The van der Waals surface area contributed by atoms with E-state index >= 15 is 0 Å². The van der Waals surface area contributed by atoms with Gasteiger partial charge in [0.1, 0.15) is 0 Å². The fourth-order valence-corrected chi connectivity index (χ4v) is 3.63. The van der Waals surface area contributed by atoms with Crippen molar-refractivity contribution in [3.8, 4) is 12.3 Å². The summed E-state index contributed by atoms with van der Waals surface area (Å²) in [5.41, 5.74) is 1.32. The molecule has 3 heteroatoms. The first-order chi connectivity index (χ1) is 11.5. The predicted octanol–water partition coefficient (Wildman–Crippen LogP) is 4.66. The number of carbonyl (C=O) groups is 1. The smallest absolute Gasteiger partial charge is 0.216 e. The molecule has 0 saturated carbocycles. The van der Waals surface area contributed by atoms with Crippen LogP contribution in [-0.4, -0.2) is 17.7 Å². The minimum atomic E-state index is 0.0283.